The molecule has 0 radical (unpaired) electrons. The molecule has 0 fully saturated rings. The van der Waals surface area contributed by atoms with Crippen molar-refractivity contribution in [2.24, 2.45) is 0 Å². The van der Waals surface area contributed by atoms with Gasteiger partial charge in [-0.3, -0.25) is 4.79 Å². The molecule has 26 heavy (non-hydrogen) atoms. The molecule has 0 spiro atoms. The molecule has 1 aromatic heterocycles. The first-order valence-electron chi connectivity index (χ1n) is 7.66. The molecule has 3 aromatic rings. The van der Waals surface area contributed by atoms with Crippen molar-refractivity contribution in [1.82, 2.24) is 9.78 Å². The topological polar surface area (TPSA) is 34.9 Å². The largest absolute Gasteiger partial charge is 0.397 e. The van der Waals surface area contributed by atoms with Crippen molar-refractivity contribution in [2.45, 2.75) is 25.9 Å². The van der Waals surface area contributed by atoms with Gasteiger partial charge in [0, 0.05) is 5.39 Å². The lowest BCUT2D eigenvalue weighted by Crippen LogP contribution is -2.28. The van der Waals surface area contributed by atoms with Crippen molar-refractivity contribution >= 4 is 10.8 Å². The fourth-order valence-electron chi connectivity index (χ4n) is 2.70. The minimum atomic E-state index is -4.67. The molecule has 1 unspecified atom stereocenters. The molecular weight excluding hydrogens is 355 g/mol. The van der Waals surface area contributed by atoms with Crippen LogP contribution in [0.5, 0.6) is 0 Å². The van der Waals surface area contributed by atoms with Crippen LogP contribution in [0, 0.1) is 18.6 Å². The van der Waals surface area contributed by atoms with Gasteiger partial charge in [-0.25, -0.2) is 8.78 Å². The Morgan fingerprint density at radius 3 is 2.19 bits per heavy atom. The quantitative estimate of drug-likeness (QED) is 0.618. The first-order chi connectivity index (χ1) is 12.1. The van der Waals surface area contributed by atoms with Crippen LogP contribution in [0.15, 0.2) is 41.2 Å². The molecule has 136 valence electrons. The summed E-state index contributed by atoms with van der Waals surface area (Å²) in [5, 5.41) is 3.14. The highest BCUT2D eigenvalue weighted by Gasteiger charge is 2.40. The van der Waals surface area contributed by atoms with Crippen LogP contribution in [-0.2, 0) is 0 Å². The molecular formula is C18H13F5N2O. The molecule has 3 nitrogen and oxygen atoms in total. The van der Waals surface area contributed by atoms with Crippen LogP contribution >= 0.6 is 0 Å². The standard InChI is InChI=1S/C18H13F5N2O/c1-9-5-3-4-6-15(9)25-17(26)12-8-14(20)13(19)7-11(12)16(24-25)10(2)18(21,22)23/h3-8,10H,1-2H3. The zero-order valence-electron chi connectivity index (χ0n) is 13.7. The van der Waals surface area contributed by atoms with Gasteiger partial charge in [-0.2, -0.15) is 23.0 Å². The highest BCUT2D eigenvalue weighted by molar-refractivity contribution is 5.84. The first kappa shape index (κ1) is 18.0. The number of halogens is 5. The van der Waals surface area contributed by atoms with Crippen molar-refractivity contribution < 1.29 is 22.0 Å². The number of aromatic nitrogens is 2. The van der Waals surface area contributed by atoms with E-state index in [-0.39, 0.29) is 16.5 Å². The summed E-state index contributed by atoms with van der Waals surface area (Å²) in [6.07, 6.45) is -4.67. The van der Waals surface area contributed by atoms with Crippen LogP contribution in [0.2, 0.25) is 0 Å². The molecule has 2 aromatic carbocycles. The van der Waals surface area contributed by atoms with Crippen LogP contribution in [0.3, 0.4) is 0 Å². The number of nitrogens with zero attached hydrogens (tertiary/aromatic N) is 2. The van der Waals surface area contributed by atoms with E-state index >= 15 is 0 Å². The molecule has 0 saturated heterocycles. The second kappa shape index (κ2) is 6.19. The summed E-state index contributed by atoms with van der Waals surface area (Å²) in [5.74, 6) is -4.74. The summed E-state index contributed by atoms with van der Waals surface area (Å²) < 4.78 is 67.8. The molecule has 0 aliphatic carbocycles. The van der Waals surface area contributed by atoms with Gasteiger partial charge in [-0.15, -0.1) is 0 Å². The maximum atomic E-state index is 13.6. The Balaban J connectivity index is 2.45. The van der Waals surface area contributed by atoms with Gasteiger partial charge in [0.2, 0.25) is 0 Å². The van der Waals surface area contributed by atoms with E-state index in [0.29, 0.717) is 17.7 Å². The highest BCUT2D eigenvalue weighted by Crippen LogP contribution is 2.36. The Morgan fingerprint density at radius 1 is 1.04 bits per heavy atom. The van der Waals surface area contributed by atoms with Crippen molar-refractivity contribution in [3.63, 3.8) is 0 Å². The van der Waals surface area contributed by atoms with Crippen LogP contribution in [0.1, 0.15) is 24.1 Å². The number of para-hydroxylation sites is 1. The van der Waals surface area contributed by atoms with E-state index < -0.39 is 35.0 Å². The fourth-order valence-corrected chi connectivity index (χ4v) is 2.70. The lowest BCUT2D eigenvalue weighted by molar-refractivity contribution is -0.147. The van der Waals surface area contributed by atoms with E-state index in [1.165, 1.54) is 6.07 Å². The number of aryl methyl sites for hydroxylation is 1. The fraction of sp³-hybridized carbons (Fsp3) is 0.222. The average Bonchev–Trinajstić information content (AvgIpc) is 2.57. The smallest absolute Gasteiger partial charge is 0.267 e. The first-order valence-corrected chi connectivity index (χ1v) is 7.66. The zero-order chi connectivity index (χ0) is 19.2. The third-order valence-electron chi connectivity index (χ3n) is 4.21. The van der Waals surface area contributed by atoms with Crippen molar-refractivity contribution in [3.05, 3.63) is 69.6 Å². The molecule has 3 rings (SSSR count). The van der Waals surface area contributed by atoms with Gasteiger partial charge in [0.1, 0.15) is 0 Å². The molecule has 0 aliphatic rings. The highest BCUT2D eigenvalue weighted by atomic mass is 19.4. The SMILES string of the molecule is Cc1ccccc1-n1nc(C(C)C(F)(F)F)c2cc(F)c(F)cc2c1=O. The van der Waals surface area contributed by atoms with Crippen LogP contribution in [0.4, 0.5) is 22.0 Å². The van der Waals surface area contributed by atoms with E-state index in [1.54, 1.807) is 25.1 Å². The van der Waals surface area contributed by atoms with Gasteiger partial charge in [0.25, 0.3) is 5.56 Å². The van der Waals surface area contributed by atoms with Gasteiger partial charge in [0.05, 0.1) is 22.7 Å². The predicted octanol–water partition coefficient (Wildman–Crippen LogP) is 4.64. The second-order valence-corrected chi connectivity index (χ2v) is 5.96. The predicted molar refractivity (Wildman–Crippen MR) is 86.5 cm³/mol. The monoisotopic (exact) mass is 368 g/mol. The summed E-state index contributed by atoms with van der Waals surface area (Å²) in [6, 6.07) is 7.65. The Hall–Kier alpha value is -2.77. The average molecular weight is 368 g/mol. The lowest BCUT2D eigenvalue weighted by Gasteiger charge is -2.19. The number of fused-ring (bicyclic) bond motifs is 1. The number of benzene rings is 2. The third kappa shape index (κ3) is 2.95. The van der Waals surface area contributed by atoms with E-state index in [1.807, 2.05) is 0 Å². The zero-order valence-corrected chi connectivity index (χ0v) is 13.7. The maximum absolute atomic E-state index is 13.6. The van der Waals surface area contributed by atoms with E-state index in [9.17, 15) is 26.7 Å². The Bertz CT molecular complexity index is 1060. The normalized spacial score (nSPS) is 13.2. The van der Waals surface area contributed by atoms with E-state index in [2.05, 4.69) is 5.10 Å². The summed E-state index contributed by atoms with van der Waals surface area (Å²) in [7, 11) is 0. The minimum absolute atomic E-state index is 0.264. The van der Waals surface area contributed by atoms with Gasteiger partial charge in [-0.1, -0.05) is 18.2 Å². The van der Waals surface area contributed by atoms with Gasteiger partial charge in [-0.05, 0) is 37.6 Å². The van der Waals surface area contributed by atoms with E-state index in [4.69, 9.17) is 0 Å². The Labute approximate surface area is 144 Å². The summed E-state index contributed by atoms with van der Waals surface area (Å²) in [4.78, 5) is 12.7. The number of hydrogen-bond acceptors (Lipinski definition) is 2. The molecule has 0 amide bonds. The van der Waals surface area contributed by atoms with Gasteiger partial charge >= 0.3 is 6.18 Å². The van der Waals surface area contributed by atoms with Crippen molar-refractivity contribution in [1.29, 1.82) is 0 Å². The van der Waals surface area contributed by atoms with Crippen LogP contribution in [-0.4, -0.2) is 16.0 Å². The maximum Gasteiger partial charge on any atom is 0.397 e. The molecule has 0 N–H and O–H groups in total. The molecule has 8 heteroatoms. The summed E-state index contributed by atoms with van der Waals surface area (Å²) in [6.45, 7) is 2.52. The number of rotatable bonds is 2. The second-order valence-electron chi connectivity index (χ2n) is 5.96. The number of hydrogen-bond donors (Lipinski definition) is 0. The van der Waals surface area contributed by atoms with Crippen molar-refractivity contribution in [2.75, 3.05) is 0 Å². The minimum Gasteiger partial charge on any atom is -0.267 e. The van der Waals surface area contributed by atoms with Gasteiger partial charge in [0.15, 0.2) is 11.6 Å². The Kier molecular flexibility index (Phi) is 4.29. The molecule has 0 bridgehead atoms. The van der Waals surface area contributed by atoms with Crippen LogP contribution < -0.4 is 5.56 Å². The molecule has 1 atom stereocenters. The number of alkyl halides is 3. The molecule has 0 saturated carbocycles. The van der Waals surface area contributed by atoms with Crippen LogP contribution in [0.25, 0.3) is 16.5 Å². The molecule has 0 aliphatic heterocycles. The van der Waals surface area contributed by atoms with Crippen molar-refractivity contribution in [3.8, 4) is 5.69 Å². The van der Waals surface area contributed by atoms with Gasteiger partial charge < -0.3 is 0 Å². The summed E-state index contributed by atoms with van der Waals surface area (Å²) >= 11 is 0. The van der Waals surface area contributed by atoms with E-state index in [0.717, 1.165) is 11.6 Å². The Morgan fingerprint density at radius 2 is 1.62 bits per heavy atom. The summed E-state index contributed by atoms with van der Waals surface area (Å²) in [5.41, 5.74) is -0.519. The third-order valence-corrected chi connectivity index (χ3v) is 4.21. The molecule has 1 heterocycles. The lowest BCUT2D eigenvalue weighted by atomic mass is 10.0.